The number of hydrogen-bond acceptors (Lipinski definition) is 4. The topological polar surface area (TPSA) is 83.5 Å². The van der Waals surface area contributed by atoms with Crippen molar-refractivity contribution in [3.63, 3.8) is 0 Å². The SMILES string of the molecule is CCCC(NCCS(C)(=O)=O)C(=O)O. The highest BCUT2D eigenvalue weighted by Gasteiger charge is 2.15. The summed E-state index contributed by atoms with van der Waals surface area (Å²) < 4.78 is 21.5. The monoisotopic (exact) mass is 223 g/mol. The summed E-state index contributed by atoms with van der Waals surface area (Å²) in [6.45, 7) is 2.07. The van der Waals surface area contributed by atoms with E-state index in [1.54, 1.807) is 0 Å². The number of nitrogens with one attached hydrogen (secondary N) is 1. The summed E-state index contributed by atoms with van der Waals surface area (Å²) in [5.41, 5.74) is 0. The van der Waals surface area contributed by atoms with E-state index in [1.807, 2.05) is 6.92 Å². The molecule has 0 fully saturated rings. The maximum Gasteiger partial charge on any atom is 0.320 e. The third-order valence-corrected chi connectivity index (χ3v) is 2.68. The van der Waals surface area contributed by atoms with E-state index in [4.69, 9.17) is 5.11 Å². The highest BCUT2D eigenvalue weighted by atomic mass is 32.2. The Morgan fingerprint density at radius 1 is 1.50 bits per heavy atom. The zero-order chi connectivity index (χ0) is 11.2. The molecule has 0 aromatic rings. The van der Waals surface area contributed by atoms with Crippen molar-refractivity contribution in [3.05, 3.63) is 0 Å². The van der Waals surface area contributed by atoms with Gasteiger partial charge in [-0.3, -0.25) is 4.79 Å². The van der Waals surface area contributed by atoms with E-state index in [0.717, 1.165) is 12.7 Å². The molecular formula is C8H17NO4S. The van der Waals surface area contributed by atoms with Crippen LogP contribution in [0.4, 0.5) is 0 Å². The predicted octanol–water partition coefficient (Wildman–Crippen LogP) is -0.126. The molecule has 6 heteroatoms. The molecule has 1 unspecified atom stereocenters. The second-order valence-electron chi connectivity index (χ2n) is 3.26. The first-order valence-electron chi connectivity index (χ1n) is 4.50. The van der Waals surface area contributed by atoms with E-state index in [0.29, 0.717) is 6.42 Å². The van der Waals surface area contributed by atoms with Crippen molar-refractivity contribution < 1.29 is 18.3 Å². The van der Waals surface area contributed by atoms with Gasteiger partial charge in [-0.15, -0.1) is 0 Å². The first-order chi connectivity index (χ1) is 6.37. The number of aliphatic carboxylic acids is 1. The van der Waals surface area contributed by atoms with Crippen LogP contribution in [-0.4, -0.2) is 44.1 Å². The van der Waals surface area contributed by atoms with Crippen molar-refractivity contribution in [3.8, 4) is 0 Å². The molecule has 0 aliphatic heterocycles. The standard InChI is InChI=1S/C8H17NO4S/c1-3-4-7(8(10)11)9-5-6-14(2,12)13/h7,9H,3-6H2,1-2H3,(H,10,11). The minimum atomic E-state index is -3.02. The molecule has 14 heavy (non-hydrogen) atoms. The number of carboxylic acids is 1. The Bertz CT molecular complexity index is 273. The maximum atomic E-state index is 10.8. The Morgan fingerprint density at radius 2 is 2.07 bits per heavy atom. The fourth-order valence-corrected chi connectivity index (χ4v) is 1.51. The highest BCUT2D eigenvalue weighted by Crippen LogP contribution is 1.96. The minimum absolute atomic E-state index is 0.0273. The number of carboxylic acid groups (broad SMARTS) is 1. The molecule has 2 N–H and O–H groups in total. The summed E-state index contributed by atoms with van der Waals surface area (Å²) in [4.78, 5) is 10.6. The molecule has 0 aliphatic carbocycles. The molecule has 0 amide bonds. The van der Waals surface area contributed by atoms with Gasteiger partial charge in [0.2, 0.25) is 0 Å². The fraction of sp³-hybridized carbons (Fsp3) is 0.875. The molecular weight excluding hydrogens is 206 g/mol. The Kier molecular flexibility index (Phi) is 5.71. The van der Waals surface area contributed by atoms with Gasteiger partial charge in [0.15, 0.2) is 0 Å². The van der Waals surface area contributed by atoms with Crippen molar-refractivity contribution in [1.82, 2.24) is 5.32 Å². The van der Waals surface area contributed by atoms with Gasteiger partial charge in [-0.1, -0.05) is 13.3 Å². The van der Waals surface area contributed by atoms with E-state index in [-0.39, 0.29) is 12.3 Å². The number of sulfone groups is 1. The molecule has 0 aromatic carbocycles. The van der Waals surface area contributed by atoms with E-state index in [1.165, 1.54) is 0 Å². The third kappa shape index (κ3) is 6.85. The van der Waals surface area contributed by atoms with E-state index in [9.17, 15) is 13.2 Å². The Labute approximate surface area is 84.4 Å². The van der Waals surface area contributed by atoms with Crippen LogP contribution >= 0.6 is 0 Å². The zero-order valence-corrected chi connectivity index (χ0v) is 9.30. The molecule has 0 rings (SSSR count). The van der Waals surface area contributed by atoms with Gasteiger partial charge >= 0.3 is 5.97 Å². The second-order valence-corrected chi connectivity index (χ2v) is 5.52. The molecule has 5 nitrogen and oxygen atoms in total. The van der Waals surface area contributed by atoms with Crippen LogP contribution in [0.25, 0.3) is 0 Å². The van der Waals surface area contributed by atoms with Crippen molar-refractivity contribution in [2.24, 2.45) is 0 Å². The van der Waals surface area contributed by atoms with Crippen LogP contribution in [-0.2, 0) is 14.6 Å². The van der Waals surface area contributed by atoms with Crippen LogP contribution in [0.2, 0.25) is 0 Å². The summed E-state index contributed by atoms with van der Waals surface area (Å²) >= 11 is 0. The van der Waals surface area contributed by atoms with E-state index < -0.39 is 21.8 Å². The summed E-state index contributed by atoms with van der Waals surface area (Å²) in [6.07, 6.45) is 2.40. The van der Waals surface area contributed by atoms with Gasteiger partial charge in [-0.05, 0) is 6.42 Å². The molecule has 84 valence electrons. The molecule has 0 bridgehead atoms. The lowest BCUT2D eigenvalue weighted by molar-refractivity contribution is -0.139. The first-order valence-corrected chi connectivity index (χ1v) is 6.56. The average molecular weight is 223 g/mol. The summed E-state index contributed by atoms with van der Waals surface area (Å²) in [5.74, 6) is -0.958. The first kappa shape index (κ1) is 13.4. The molecule has 0 spiro atoms. The van der Waals surface area contributed by atoms with Gasteiger partial charge in [0.05, 0.1) is 5.75 Å². The Morgan fingerprint density at radius 3 is 2.43 bits per heavy atom. The van der Waals surface area contributed by atoms with Crippen LogP contribution in [0.3, 0.4) is 0 Å². The normalized spacial score (nSPS) is 13.9. The lowest BCUT2D eigenvalue weighted by Gasteiger charge is -2.12. The Balaban J connectivity index is 3.89. The zero-order valence-electron chi connectivity index (χ0n) is 8.49. The third-order valence-electron chi connectivity index (χ3n) is 1.74. The largest absolute Gasteiger partial charge is 0.480 e. The average Bonchev–Trinajstić information content (AvgIpc) is 2.00. The number of hydrogen-bond donors (Lipinski definition) is 2. The van der Waals surface area contributed by atoms with Gasteiger partial charge in [0, 0.05) is 12.8 Å². The van der Waals surface area contributed by atoms with Gasteiger partial charge in [0.25, 0.3) is 0 Å². The molecule has 0 saturated heterocycles. The van der Waals surface area contributed by atoms with E-state index in [2.05, 4.69) is 5.32 Å². The fourth-order valence-electron chi connectivity index (χ4n) is 1.02. The van der Waals surface area contributed by atoms with Gasteiger partial charge in [-0.2, -0.15) is 0 Å². The van der Waals surface area contributed by atoms with Crippen molar-refractivity contribution in [2.45, 2.75) is 25.8 Å². The van der Waals surface area contributed by atoms with Crippen molar-refractivity contribution in [1.29, 1.82) is 0 Å². The molecule has 1 atom stereocenters. The maximum absolute atomic E-state index is 10.8. The lowest BCUT2D eigenvalue weighted by atomic mass is 10.2. The molecule has 0 aliphatic rings. The van der Waals surface area contributed by atoms with Crippen LogP contribution < -0.4 is 5.32 Å². The minimum Gasteiger partial charge on any atom is -0.480 e. The van der Waals surface area contributed by atoms with Crippen LogP contribution in [0.1, 0.15) is 19.8 Å². The molecule has 0 radical (unpaired) electrons. The van der Waals surface area contributed by atoms with Crippen LogP contribution in [0, 0.1) is 0 Å². The van der Waals surface area contributed by atoms with Crippen LogP contribution in [0.15, 0.2) is 0 Å². The van der Waals surface area contributed by atoms with Gasteiger partial charge in [-0.25, -0.2) is 8.42 Å². The van der Waals surface area contributed by atoms with Gasteiger partial charge in [0.1, 0.15) is 15.9 Å². The molecule has 0 saturated carbocycles. The lowest BCUT2D eigenvalue weighted by Crippen LogP contribution is -2.39. The summed E-state index contributed by atoms with van der Waals surface area (Å²) in [7, 11) is -3.02. The molecule has 0 heterocycles. The highest BCUT2D eigenvalue weighted by molar-refractivity contribution is 7.90. The van der Waals surface area contributed by atoms with Gasteiger partial charge < -0.3 is 10.4 Å². The number of rotatable bonds is 7. The molecule has 0 aromatic heterocycles. The Hall–Kier alpha value is -0.620. The van der Waals surface area contributed by atoms with E-state index >= 15 is 0 Å². The second kappa shape index (κ2) is 5.98. The quantitative estimate of drug-likeness (QED) is 0.628. The summed E-state index contributed by atoms with van der Waals surface area (Å²) in [6, 6.07) is -0.637. The summed E-state index contributed by atoms with van der Waals surface area (Å²) in [5, 5.41) is 11.4. The smallest absolute Gasteiger partial charge is 0.320 e. The van der Waals surface area contributed by atoms with Crippen molar-refractivity contribution >= 4 is 15.8 Å². The van der Waals surface area contributed by atoms with Crippen LogP contribution in [0.5, 0.6) is 0 Å². The predicted molar refractivity (Wildman–Crippen MR) is 54.0 cm³/mol. The number of carbonyl (C=O) groups is 1. The van der Waals surface area contributed by atoms with Crippen molar-refractivity contribution in [2.75, 3.05) is 18.6 Å².